The lowest BCUT2D eigenvalue weighted by Gasteiger charge is -2.14. The Kier molecular flexibility index (Phi) is 4.60. The van der Waals surface area contributed by atoms with Crippen molar-refractivity contribution in [3.8, 4) is 11.5 Å². The van der Waals surface area contributed by atoms with Crippen molar-refractivity contribution >= 4 is 27.5 Å². The summed E-state index contributed by atoms with van der Waals surface area (Å²) in [4.78, 5) is 0. The average Bonchev–Trinajstić information content (AvgIpc) is 2.38. The van der Waals surface area contributed by atoms with Crippen LogP contribution in [0.4, 0.5) is 13.2 Å². The van der Waals surface area contributed by atoms with Crippen LogP contribution in [0.2, 0.25) is 5.02 Å². The van der Waals surface area contributed by atoms with Gasteiger partial charge in [-0.15, -0.1) is 0 Å². The van der Waals surface area contributed by atoms with Gasteiger partial charge < -0.3 is 4.74 Å². The molecule has 2 aromatic rings. The summed E-state index contributed by atoms with van der Waals surface area (Å²) in [7, 11) is 0. The van der Waals surface area contributed by atoms with Crippen molar-refractivity contribution in [3.05, 3.63) is 58.6 Å². The van der Waals surface area contributed by atoms with E-state index in [1.54, 1.807) is 12.1 Å². The van der Waals surface area contributed by atoms with Gasteiger partial charge in [-0.3, -0.25) is 0 Å². The third kappa shape index (κ3) is 3.46. The maximum atomic E-state index is 12.8. The number of halogens is 5. The summed E-state index contributed by atoms with van der Waals surface area (Å²) in [6.45, 7) is 0. The summed E-state index contributed by atoms with van der Waals surface area (Å²) in [5, 5.41) is 0.995. The summed E-state index contributed by atoms with van der Waals surface area (Å²) in [6, 6.07) is 9.82. The summed E-state index contributed by atoms with van der Waals surface area (Å²) in [5.41, 5.74) is 0.0174. The van der Waals surface area contributed by atoms with Crippen LogP contribution in [0.1, 0.15) is 11.1 Å². The van der Waals surface area contributed by atoms with Gasteiger partial charge in [0, 0.05) is 10.4 Å². The van der Waals surface area contributed by atoms with Crippen LogP contribution in [0.5, 0.6) is 11.5 Å². The van der Waals surface area contributed by atoms with E-state index in [1.165, 1.54) is 24.3 Å². The van der Waals surface area contributed by atoms with Crippen molar-refractivity contribution in [2.75, 3.05) is 0 Å². The minimum atomic E-state index is -4.46. The Morgan fingerprint density at radius 2 is 1.80 bits per heavy atom. The van der Waals surface area contributed by atoms with Crippen molar-refractivity contribution in [1.29, 1.82) is 0 Å². The van der Waals surface area contributed by atoms with Gasteiger partial charge in [0.2, 0.25) is 0 Å². The maximum absolute atomic E-state index is 12.8. The van der Waals surface area contributed by atoms with Gasteiger partial charge in [-0.2, -0.15) is 13.2 Å². The van der Waals surface area contributed by atoms with Crippen LogP contribution in [0.15, 0.2) is 42.5 Å². The minimum absolute atomic E-state index is 0.248. The average molecular weight is 366 g/mol. The number of hydrogen-bond donors (Lipinski definition) is 0. The zero-order valence-corrected chi connectivity index (χ0v) is 12.4. The van der Waals surface area contributed by atoms with Gasteiger partial charge in [-0.25, -0.2) is 0 Å². The Bertz CT molecular complexity index is 614. The van der Waals surface area contributed by atoms with Crippen LogP contribution in [0.25, 0.3) is 0 Å². The molecule has 0 fully saturated rings. The van der Waals surface area contributed by atoms with Gasteiger partial charge >= 0.3 is 6.18 Å². The number of alkyl halides is 4. The molecular weight excluding hydrogens is 357 g/mol. The second-order valence-corrected chi connectivity index (χ2v) is 4.95. The van der Waals surface area contributed by atoms with Crippen molar-refractivity contribution in [2.45, 2.75) is 11.5 Å². The topological polar surface area (TPSA) is 9.23 Å². The van der Waals surface area contributed by atoms with Gasteiger partial charge in [0.05, 0.1) is 5.56 Å². The van der Waals surface area contributed by atoms with Gasteiger partial charge in [0.15, 0.2) is 0 Å². The molecule has 2 aromatic carbocycles. The Labute approximate surface area is 127 Å². The molecule has 0 atom stereocenters. The Morgan fingerprint density at radius 1 is 1.10 bits per heavy atom. The number of benzene rings is 2. The molecule has 106 valence electrons. The third-order valence-corrected chi connectivity index (χ3v) is 3.54. The smallest absolute Gasteiger partial charge is 0.419 e. The highest BCUT2D eigenvalue weighted by atomic mass is 79.9. The fourth-order valence-corrected chi connectivity index (χ4v) is 2.50. The molecule has 0 aliphatic heterocycles. The Balaban J connectivity index is 2.33. The summed E-state index contributed by atoms with van der Waals surface area (Å²) >= 11 is 9.26. The lowest BCUT2D eigenvalue weighted by molar-refractivity contribution is -0.138. The fourth-order valence-electron chi connectivity index (χ4n) is 1.62. The molecule has 0 radical (unpaired) electrons. The van der Waals surface area contributed by atoms with E-state index >= 15 is 0 Å². The third-order valence-electron chi connectivity index (χ3n) is 2.59. The molecule has 0 aromatic heterocycles. The van der Waals surface area contributed by atoms with Crippen molar-refractivity contribution in [3.63, 3.8) is 0 Å². The van der Waals surface area contributed by atoms with Crippen LogP contribution < -0.4 is 4.74 Å². The van der Waals surface area contributed by atoms with E-state index in [0.29, 0.717) is 10.4 Å². The molecule has 0 bridgehead atoms. The van der Waals surface area contributed by atoms with Crippen LogP contribution in [-0.2, 0) is 11.5 Å². The molecule has 0 aliphatic carbocycles. The van der Waals surface area contributed by atoms with E-state index in [1.807, 2.05) is 0 Å². The first-order valence-electron chi connectivity index (χ1n) is 5.60. The Hall–Kier alpha value is -1.20. The lowest BCUT2D eigenvalue weighted by Crippen LogP contribution is -2.06. The van der Waals surface area contributed by atoms with Crippen molar-refractivity contribution in [1.82, 2.24) is 0 Å². The predicted octanol–water partition coefficient (Wildman–Crippen LogP) is 6.05. The van der Waals surface area contributed by atoms with Gasteiger partial charge in [-0.05, 0) is 29.8 Å². The van der Waals surface area contributed by atoms with Crippen molar-refractivity contribution in [2.24, 2.45) is 0 Å². The lowest BCUT2D eigenvalue weighted by atomic mass is 10.2. The van der Waals surface area contributed by atoms with Gasteiger partial charge in [-0.1, -0.05) is 45.7 Å². The van der Waals surface area contributed by atoms with Gasteiger partial charge in [0.1, 0.15) is 11.5 Å². The maximum Gasteiger partial charge on any atom is 0.419 e. The van der Waals surface area contributed by atoms with E-state index < -0.39 is 11.7 Å². The second-order valence-electron chi connectivity index (χ2n) is 3.98. The second kappa shape index (κ2) is 6.06. The molecule has 0 amide bonds. The van der Waals surface area contributed by atoms with E-state index in [4.69, 9.17) is 16.3 Å². The van der Waals surface area contributed by atoms with E-state index in [2.05, 4.69) is 15.9 Å². The normalized spacial score (nSPS) is 11.4. The molecule has 6 heteroatoms. The van der Waals surface area contributed by atoms with Crippen molar-refractivity contribution < 1.29 is 17.9 Å². The predicted molar refractivity (Wildman–Crippen MR) is 75.6 cm³/mol. The van der Waals surface area contributed by atoms with Crippen LogP contribution in [0, 0.1) is 0 Å². The first-order valence-corrected chi connectivity index (χ1v) is 7.10. The molecule has 20 heavy (non-hydrogen) atoms. The molecule has 0 N–H and O–H groups in total. The minimum Gasteiger partial charge on any atom is -0.457 e. The molecule has 0 heterocycles. The highest BCUT2D eigenvalue weighted by molar-refractivity contribution is 9.08. The van der Waals surface area contributed by atoms with Crippen LogP contribution >= 0.6 is 27.5 Å². The molecule has 0 saturated carbocycles. The number of para-hydroxylation sites is 1. The van der Waals surface area contributed by atoms with Crippen LogP contribution in [-0.4, -0.2) is 0 Å². The first kappa shape index (κ1) is 15.2. The zero-order chi connectivity index (χ0) is 14.8. The number of rotatable bonds is 3. The molecule has 0 aliphatic rings. The molecular formula is C14H9BrClF3O. The Morgan fingerprint density at radius 3 is 2.40 bits per heavy atom. The summed E-state index contributed by atoms with van der Waals surface area (Å²) in [5.74, 6) is 0.0130. The number of hydrogen-bond acceptors (Lipinski definition) is 1. The summed E-state index contributed by atoms with van der Waals surface area (Å²) < 4.78 is 43.8. The largest absolute Gasteiger partial charge is 0.457 e. The number of ether oxygens (including phenoxy) is 1. The van der Waals surface area contributed by atoms with E-state index in [-0.39, 0.29) is 11.5 Å². The monoisotopic (exact) mass is 364 g/mol. The molecule has 0 unspecified atom stereocenters. The molecule has 2 rings (SSSR count). The molecule has 1 nitrogen and oxygen atoms in total. The first-order chi connectivity index (χ1) is 9.41. The highest BCUT2D eigenvalue weighted by Gasteiger charge is 2.34. The molecule has 0 spiro atoms. The van der Waals surface area contributed by atoms with E-state index in [9.17, 15) is 13.2 Å². The quantitative estimate of drug-likeness (QED) is 0.602. The highest BCUT2D eigenvalue weighted by Crippen LogP contribution is 2.38. The fraction of sp³-hybridized carbons (Fsp3) is 0.143. The van der Waals surface area contributed by atoms with Crippen LogP contribution in [0.3, 0.4) is 0 Å². The van der Waals surface area contributed by atoms with Gasteiger partial charge in [0.25, 0.3) is 0 Å². The summed E-state index contributed by atoms with van der Waals surface area (Å²) in [6.07, 6.45) is -4.46. The molecule has 0 saturated heterocycles. The zero-order valence-electron chi connectivity index (χ0n) is 10.0. The standard InChI is InChI=1S/C14H9BrClF3O/c15-8-9-5-6-10(7-12(9)16)20-13-4-2-1-3-11(13)14(17,18)19/h1-7H,8H2. The SMILES string of the molecule is FC(F)(F)c1ccccc1Oc1ccc(CBr)c(Cl)c1. The van der Waals surface area contributed by atoms with E-state index in [0.717, 1.165) is 11.6 Å².